The van der Waals surface area contributed by atoms with Crippen LogP contribution in [0.5, 0.6) is 0 Å². The van der Waals surface area contributed by atoms with Crippen molar-refractivity contribution in [2.24, 2.45) is 5.92 Å². The van der Waals surface area contributed by atoms with E-state index in [9.17, 15) is 27.6 Å². The van der Waals surface area contributed by atoms with Crippen LogP contribution >= 0.6 is 11.8 Å². The zero-order chi connectivity index (χ0) is 23.8. The van der Waals surface area contributed by atoms with Crippen LogP contribution in [0.2, 0.25) is 0 Å². The number of thioether (sulfide) groups is 1. The van der Waals surface area contributed by atoms with Gasteiger partial charge in [0.05, 0.1) is 10.5 Å². The highest BCUT2D eigenvalue weighted by Crippen LogP contribution is 2.38. The molecule has 2 aliphatic heterocycles. The van der Waals surface area contributed by atoms with E-state index in [1.165, 1.54) is 36.4 Å². The summed E-state index contributed by atoms with van der Waals surface area (Å²) in [4.78, 5) is 40.2. The molecule has 3 heterocycles. The minimum atomic E-state index is -4.55. The zero-order valence-electron chi connectivity index (χ0n) is 17.7. The van der Waals surface area contributed by atoms with Gasteiger partial charge < -0.3 is 9.32 Å². The van der Waals surface area contributed by atoms with Gasteiger partial charge in [-0.25, -0.2) is 0 Å². The van der Waals surface area contributed by atoms with Gasteiger partial charge in [0.25, 0.3) is 11.1 Å². The van der Waals surface area contributed by atoms with Gasteiger partial charge in [0.1, 0.15) is 18.1 Å². The van der Waals surface area contributed by atoms with E-state index < -0.39 is 22.9 Å². The lowest BCUT2D eigenvalue weighted by Gasteiger charge is -2.31. The molecule has 1 aromatic carbocycles. The molecular weight excluding hydrogens is 457 g/mol. The molecule has 4 rings (SSSR count). The van der Waals surface area contributed by atoms with Crippen LogP contribution in [0.1, 0.15) is 31.1 Å². The van der Waals surface area contributed by atoms with E-state index in [0.717, 1.165) is 23.8 Å². The van der Waals surface area contributed by atoms with Crippen molar-refractivity contribution in [2.45, 2.75) is 25.9 Å². The maximum atomic E-state index is 13.3. The highest BCUT2D eigenvalue weighted by molar-refractivity contribution is 8.18. The molecule has 10 heteroatoms. The molecule has 0 N–H and O–H groups in total. The van der Waals surface area contributed by atoms with Crippen LogP contribution in [0.4, 0.5) is 18.0 Å². The molecule has 0 atom stereocenters. The third-order valence-electron chi connectivity index (χ3n) is 5.70. The quantitative estimate of drug-likeness (QED) is 0.561. The number of amides is 3. The summed E-state index contributed by atoms with van der Waals surface area (Å²) in [7, 11) is 0. The van der Waals surface area contributed by atoms with E-state index >= 15 is 0 Å². The number of nitrogens with zero attached hydrogens (tertiary/aromatic N) is 2. The summed E-state index contributed by atoms with van der Waals surface area (Å²) >= 11 is 0.666. The Labute approximate surface area is 192 Å². The number of carbonyl (C=O) groups excluding carboxylic acids is 3. The van der Waals surface area contributed by atoms with Gasteiger partial charge in [-0.1, -0.05) is 25.1 Å². The fourth-order valence-electron chi connectivity index (χ4n) is 3.78. The van der Waals surface area contributed by atoms with Gasteiger partial charge in [-0.2, -0.15) is 13.2 Å². The molecule has 2 aliphatic rings. The molecule has 0 radical (unpaired) electrons. The number of hydrogen-bond acceptors (Lipinski definition) is 5. The van der Waals surface area contributed by atoms with Crippen LogP contribution < -0.4 is 0 Å². The lowest BCUT2D eigenvalue weighted by molar-refractivity contribution is -0.137. The first-order valence-corrected chi connectivity index (χ1v) is 11.2. The topological polar surface area (TPSA) is 70.8 Å². The number of likely N-dealkylation sites (tertiary alicyclic amines) is 1. The average molecular weight is 478 g/mol. The summed E-state index contributed by atoms with van der Waals surface area (Å²) in [6.45, 7) is 2.98. The van der Waals surface area contributed by atoms with Crippen molar-refractivity contribution in [3.05, 3.63) is 52.6 Å². The predicted molar refractivity (Wildman–Crippen MR) is 117 cm³/mol. The van der Waals surface area contributed by atoms with Crippen molar-refractivity contribution in [2.75, 3.05) is 19.6 Å². The smallest absolute Gasteiger partial charge is 0.417 e. The predicted octanol–water partition coefficient (Wildman–Crippen LogP) is 5.26. The second kappa shape index (κ2) is 9.09. The third-order valence-corrected chi connectivity index (χ3v) is 6.61. The molecule has 6 nitrogen and oxygen atoms in total. The summed E-state index contributed by atoms with van der Waals surface area (Å²) in [5.74, 6) is -0.255. The van der Waals surface area contributed by atoms with E-state index in [2.05, 4.69) is 6.92 Å². The minimum Gasteiger partial charge on any atom is -0.457 e. The standard InChI is InChI=1S/C23H21F3N2O4S/c1-14-8-10-27(11-9-14)20(29)13-28-21(30)19(33-22(28)31)12-15-6-7-18(32-15)16-4-2-3-5-17(16)23(24,25)26/h2-7,12,14H,8-11,13H2,1H3. The Bertz CT molecular complexity index is 1120. The Balaban J connectivity index is 1.49. The molecule has 174 valence electrons. The lowest BCUT2D eigenvalue weighted by atomic mass is 9.99. The number of benzene rings is 1. The fraction of sp³-hybridized carbons (Fsp3) is 0.348. The molecule has 0 saturated carbocycles. The Hall–Kier alpha value is -3.01. The highest BCUT2D eigenvalue weighted by atomic mass is 32.2. The van der Waals surface area contributed by atoms with Crippen molar-refractivity contribution < 1.29 is 32.0 Å². The van der Waals surface area contributed by atoms with Crippen LogP contribution in [0, 0.1) is 5.92 Å². The van der Waals surface area contributed by atoms with Gasteiger partial charge >= 0.3 is 6.18 Å². The Morgan fingerprint density at radius 2 is 1.85 bits per heavy atom. The van der Waals surface area contributed by atoms with Crippen LogP contribution in [0.3, 0.4) is 0 Å². The van der Waals surface area contributed by atoms with Gasteiger partial charge in [0.15, 0.2) is 0 Å². The molecule has 1 aromatic heterocycles. The van der Waals surface area contributed by atoms with Crippen molar-refractivity contribution in [3.8, 4) is 11.3 Å². The molecule has 0 unspecified atom stereocenters. The summed E-state index contributed by atoms with van der Waals surface area (Å²) in [5.41, 5.74) is -0.962. The molecule has 2 aromatic rings. The fourth-order valence-corrected chi connectivity index (χ4v) is 4.60. The second-order valence-electron chi connectivity index (χ2n) is 8.08. The number of hydrogen-bond donors (Lipinski definition) is 0. The van der Waals surface area contributed by atoms with Gasteiger partial charge in [-0.3, -0.25) is 19.3 Å². The first kappa shape index (κ1) is 23.2. The number of halogens is 3. The number of rotatable bonds is 4. The number of carbonyl (C=O) groups is 3. The van der Waals surface area contributed by atoms with E-state index in [1.807, 2.05) is 0 Å². The monoisotopic (exact) mass is 478 g/mol. The van der Waals surface area contributed by atoms with Crippen LogP contribution in [-0.4, -0.2) is 46.5 Å². The molecule has 0 bridgehead atoms. The van der Waals surface area contributed by atoms with E-state index in [0.29, 0.717) is 30.8 Å². The van der Waals surface area contributed by atoms with Gasteiger partial charge in [-0.05, 0) is 48.7 Å². The highest BCUT2D eigenvalue weighted by Gasteiger charge is 2.38. The van der Waals surface area contributed by atoms with Crippen molar-refractivity contribution in [1.29, 1.82) is 0 Å². The second-order valence-corrected chi connectivity index (χ2v) is 9.07. The molecular formula is C23H21F3N2O4S. The van der Waals surface area contributed by atoms with Crippen LogP contribution in [0.25, 0.3) is 17.4 Å². The number of imide groups is 1. The van der Waals surface area contributed by atoms with Crippen LogP contribution in [-0.2, 0) is 15.8 Å². The average Bonchev–Trinajstić information content (AvgIpc) is 3.34. The Kier molecular flexibility index (Phi) is 6.38. The summed E-state index contributed by atoms with van der Waals surface area (Å²) < 4.78 is 45.4. The van der Waals surface area contributed by atoms with Crippen molar-refractivity contribution >= 4 is 34.9 Å². The Morgan fingerprint density at radius 1 is 1.15 bits per heavy atom. The summed E-state index contributed by atoms with van der Waals surface area (Å²) in [6.07, 6.45) is -1.49. The third kappa shape index (κ3) is 5.00. The molecule has 3 amide bonds. The molecule has 0 aliphatic carbocycles. The first-order valence-electron chi connectivity index (χ1n) is 10.4. The summed E-state index contributed by atoms with van der Waals surface area (Å²) in [6, 6.07) is 7.82. The molecule has 2 fully saturated rings. The normalized spacial score (nSPS) is 19.1. The van der Waals surface area contributed by atoms with E-state index in [-0.39, 0.29) is 34.4 Å². The largest absolute Gasteiger partial charge is 0.457 e. The Morgan fingerprint density at radius 3 is 2.55 bits per heavy atom. The molecule has 0 spiro atoms. The number of furan rings is 1. The van der Waals surface area contributed by atoms with E-state index in [1.54, 1.807) is 4.90 Å². The maximum Gasteiger partial charge on any atom is 0.417 e. The van der Waals surface area contributed by atoms with Gasteiger partial charge in [-0.15, -0.1) is 0 Å². The molecule has 2 saturated heterocycles. The van der Waals surface area contributed by atoms with Gasteiger partial charge in [0, 0.05) is 24.7 Å². The minimum absolute atomic E-state index is 0.0112. The zero-order valence-corrected chi connectivity index (χ0v) is 18.5. The van der Waals surface area contributed by atoms with Crippen molar-refractivity contribution in [1.82, 2.24) is 9.80 Å². The molecule has 33 heavy (non-hydrogen) atoms. The lowest BCUT2D eigenvalue weighted by Crippen LogP contribution is -2.45. The van der Waals surface area contributed by atoms with Crippen molar-refractivity contribution in [3.63, 3.8) is 0 Å². The van der Waals surface area contributed by atoms with E-state index in [4.69, 9.17) is 4.42 Å². The maximum absolute atomic E-state index is 13.3. The number of alkyl halides is 3. The summed E-state index contributed by atoms with van der Waals surface area (Å²) in [5, 5.41) is -0.570. The SMILES string of the molecule is CC1CCN(C(=O)CN2C(=O)SC(=Cc3ccc(-c4ccccc4C(F)(F)F)o3)C2=O)CC1. The van der Waals surface area contributed by atoms with Crippen LogP contribution in [0.15, 0.2) is 45.7 Å². The number of piperidine rings is 1. The van der Waals surface area contributed by atoms with Gasteiger partial charge in [0.2, 0.25) is 5.91 Å². The first-order chi connectivity index (χ1) is 15.6.